The topological polar surface area (TPSA) is 68.0 Å². The summed E-state index contributed by atoms with van der Waals surface area (Å²) in [6, 6.07) is 10.2. The summed E-state index contributed by atoms with van der Waals surface area (Å²) >= 11 is 6.23. The van der Waals surface area contributed by atoms with E-state index in [-0.39, 0.29) is 6.04 Å². The van der Waals surface area contributed by atoms with Crippen LogP contribution in [0, 0.1) is 5.92 Å². The summed E-state index contributed by atoms with van der Waals surface area (Å²) in [5, 5.41) is 3.83. The van der Waals surface area contributed by atoms with Crippen molar-refractivity contribution in [1.82, 2.24) is 4.98 Å². The summed E-state index contributed by atoms with van der Waals surface area (Å²) in [4.78, 5) is 15.4. The van der Waals surface area contributed by atoms with Gasteiger partial charge >= 0.3 is 0 Å². The van der Waals surface area contributed by atoms with E-state index in [1.165, 1.54) is 17.3 Å². The lowest BCUT2D eigenvalue weighted by Gasteiger charge is -2.32. The van der Waals surface area contributed by atoms with E-state index < -0.39 is 5.91 Å². The first-order valence-corrected chi connectivity index (χ1v) is 7.73. The summed E-state index contributed by atoms with van der Waals surface area (Å²) < 4.78 is 0. The molecule has 0 aliphatic heterocycles. The van der Waals surface area contributed by atoms with Gasteiger partial charge in [-0.3, -0.25) is 4.79 Å². The summed E-state index contributed by atoms with van der Waals surface area (Å²) in [5.74, 6) is 0.529. The lowest BCUT2D eigenvalue weighted by Crippen LogP contribution is -2.25. The number of carbonyl (C=O) groups excluding carboxylic acids is 1. The number of rotatable bonds is 3. The molecule has 5 heteroatoms. The number of halogens is 1. The first-order chi connectivity index (χ1) is 10.6. The molecule has 3 rings (SSSR count). The Labute approximate surface area is 134 Å². The van der Waals surface area contributed by atoms with Gasteiger partial charge < -0.3 is 11.1 Å². The molecule has 1 aliphatic carbocycles. The Morgan fingerprint density at radius 2 is 2.18 bits per heavy atom. The van der Waals surface area contributed by atoms with Crippen LogP contribution >= 0.6 is 11.6 Å². The van der Waals surface area contributed by atoms with Crippen molar-refractivity contribution < 1.29 is 4.79 Å². The zero-order valence-electron chi connectivity index (χ0n) is 12.3. The van der Waals surface area contributed by atoms with Gasteiger partial charge in [0.05, 0.1) is 16.6 Å². The highest BCUT2D eigenvalue weighted by molar-refractivity contribution is 6.33. The number of aryl methyl sites for hydroxylation is 1. The molecule has 1 heterocycles. The molecule has 0 bridgehead atoms. The minimum Gasteiger partial charge on any atom is -0.366 e. The minimum atomic E-state index is -0.530. The van der Waals surface area contributed by atoms with Gasteiger partial charge in [0.15, 0.2) is 0 Å². The molecule has 1 aromatic carbocycles. The number of amides is 1. The molecule has 2 atom stereocenters. The predicted molar refractivity (Wildman–Crippen MR) is 88.1 cm³/mol. The number of nitrogens with two attached hydrogens (primary N) is 1. The molecule has 0 radical (unpaired) electrons. The predicted octanol–water partition coefficient (Wildman–Crippen LogP) is 3.57. The van der Waals surface area contributed by atoms with Gasteiger partial charge in [-0.2, -0.15) is 0 Å². The molecular formula is C17H18ClN3O. The Hall–Kier alpha value is -2.07. The van der Waals surface area contributed by atoms with Crippen LogP contribution in [0.3, 0.4) is 0 Å². The van der Waals surface area contributed by atoms with E-state index in [0.29, 0.717) is 22.3 Å². The van der Waals surface area contributed by atoms with E-state index >= 15 is 0 Å². The van der Waals surface area contributed by atoms with E-state index in [1.54, 1.807) is 6.07 Å². The van der Waals surface area contributed by atoms with Crippen molar-refractivity contribution in [2.24, 2.45) is 11.7 Å². The highest BCUT2D eigenvalue weighted by Crippen LogP contribution is 2.37. The third kappa shape index (κ3) is 2.79. The number of hydrogen-bond acceptors (Lipinski definition) is 3. The van der Waals surface area contributed by atoms with E-state index in [4.69, 9.17) is 17.3 Å². The van der Waals surface area contributed by atoms with Crippen LogP contribution in [-0.4, -0.2) is 10.9 Å². The minimum absolute atomic E-state index is 0.161. The molecule has 1 aromatic heterocycles. The van der Waals surface area contributed by atoms with Crippen LogP contribution < -0.4 is 11.1 Å². The van der Waals surface area contributed by atoms with Gasteiger partial charge in [0.1, 0.15) is 5.82 Å². The monoisotopic (exact) mass is 315 g/mol. The molecule has 2 aromatic rings. The second-order valence-electron chi connectivity index (χ2n) is 5.76. The Balaban J connectivity index is 1.91. The largest absolute Gasteiger partial charge is 0.366 e. The lowest BCUT2D eigenvalue weighted by molar-refractivity contribution is 0.1000. The average molecular weight is 316 g/mol. The smallest absolute Gasteiger partial charge is 0.250 e. The van der Waals surface area contributed by atoms with Crippen LogP contribution in [0.4, 0.5) is 5.82 Å². The normalized spacial score (nSPS) is 20.3. The van der Waals surface area contributed by atoms with Crippen LogP contribution in [0.5, 0.6) is 0 Å². The van der Waals surface area contributed by atoms with Crippen molar-refractivity contribution >= 4 is 23.3 Å². The van der Waals surface area contributed by atoms with Gasteiger partial charge in [0.25, 0.3) is 0 Å². The van der Waals surface area contributed by atoms with E-state index in [1.807, 2.05) is 0 Å². The number of primary amides is 1. The SMILES string of the molecule is CC1CCc2ccccc2C1Nc1ncc(C(N)=O)cc1Cl. The maximum absolute atomic E-state index is 11.2. The standard InChI is InChI=1S/C17H18ClN3O/c1-10-6-7-11-4-2-3-5-13(11)15(10)21-17-14(18)8-12(9-20-17)16(19)22/h2-5,8-10,15H,6-7H2,1H3,(H2,19,22)(H,20,21). The Bertz CT molecular complexity index is 717. The first-order valence-electron chi connectivity index (χ1n) is 7.36. The number of hydrogen-bond donors (Lipinski definition) is 2. The Morgan fingerprint density at radius 3 is 2.91 bits per heavy atom. The maximum Gasteiger partial charge on any atom is 0.250 e. The lowest BCUT2D eigenvalue weighted by atomic mass is 9.81. The fourth-order valence-electron chi connectivity index (χ4n) is 2.97. The number of fused-ring (bicyclic) bond motifs is 1. The third-order valence-corrected chi connectivity index (χ3v) is 4.53. The van der Waals surface area contributed by atoms with E-state index in [9.17, 15) is 4.79 Å². The quantitative estimate of drug-likeness (QED) is 0.909. The fourth-order valence-corrected chi connectivity index (χ4v) is 3.19. The molecule has 114 valence electrons. The molecule has 2 unspecified atom stereocenters. The number of nitrogens with one attached hydrogen (secondary N) is 1. The molecular weight excluding hydrogens is 298 g/mol. The average Bonchev–Trinajstić information content (AvgIpc) is 2.51. The highest BCUT2D eigenvalue weighted by atomic mass is 35.5. The van der Waals surface area contributed by atoms with Crippen molar-refractivity contribution in [2.75, 3.05) is 5.32 Å². The van der Waals surface area contributed by atoms with Crippen LogP contribution in [0.1, 0.15) is 40.9 Å². The van der Waals surface area contributed by atoms with Gasteiger partial charge in [0, 0.05) is 6.20 Å². The molecule has 4 nitrogen and oxygen atoms in total. The van der Waals surface area contributed by atoms with Crippen LogP contribution in [0.25, 0.3) is 0 Å². The third-order valence-electron chi connectivity index (χ3n) is 4.25. The van der Waals surface area contributed by atoms with E-state index in [0.717, 1.165) is 12.8 Å². The van der Waals surface area contributed by atoms with Crippen molar-refractivity contribution in [3.8, 4) is 0 Å². The molecule has 0 fully saturated rings. The maximum atomic E-state index is 11.2. The van der Waals surface area contributed by atoms with Crippen LogP contribution in [-0.2, 0) is 6.42 Å². The molecule has 22 heavy (non-hydrogen) atoms. The highest BCUT2D eigenvalue weighted by Gasteiger charge is 2.27. The molecule has 0 saturated heterocycles. The van der Waals surface area contributed by atoms with Gasteiger partial charge in [-0.25, -0.2) is 4.98 Å². The molecule has 1 aliphatic rings. The molecule has 1 amide bonds. The Kier molecular flexibility index (Phi) is 4.03. The Morgan fingerprint density at radius 1 is 1.41 bits per heavy atom. The van der Waals surface area contributed by atoms with Crippen molar-refractivity contribution in [1.29, 1.82) is 0 Å². The summed E-state index contributed by atoms with van der Waals surface area (Å²) in [5.41, 5.74) is 8.21. The second-order valence-corrected chi connectivity index (χ2v) is 6.16. The van der Waals surface area contributed by atoms with Crippen LogP contribution in [0.2, 0.25) is 5.02 Å². The van der Waals surface area contributed by atoms with Crippen molar-refractivity contribution in [3.63, 3.8) is 0 Å². The zero-order valence-corrected chi connectivity index (χ0v) is 13.1. The summed E-state index contributed by atoms with van der Waals surface area (Å²) in [6.45, 7) is 2.22. The van der Waals surface area contributed by atoms with Gasteiger partial charge in [0.2, 0.25) is 5.91 Å². The number of nitrogens with zero attached hydrogens (tertiary/aromatic N) is 1. The molecule has 3 N–H and O–H groups in total. The van der Waals surface area contributed by atoms with Gasteiger partial charge in [-0.15, -0.1) is 0 Å². The number of pyridine rings is 1. The fraction of sp³-hybridized carbons (Fsp3) is 0.294. The molecule has 0 spiro atoms. The number of anilines is 1. The van der Waals surface area contributed by atoms with Crippen molar-refractivity contribution in [2.45, 2.75) is 25.8 Å². The summed E-state index contributed by atoms with van der Waals surface area (Å²) in [7, 11) is 0. The van der Waals surface area contributed by atoms with Crippen LogP contribution in [0.15, 0.2) is 36.5 Å². The second kappa shape index (κ2) is 5.97. The van der Waals surface area contributed by atoms with Gasteiger partial charge in [-0.05, 0) is 36.0 Å². The number of benzene rings is 1. The van der Waals surface area contributed by atoms with Crippen molar-refractivity contribution in [3.05, 3.63) is 58.2 Å². The number of aromatic nitrogens is 1. The van der Waals surface area contributed by atoms with Gasteiger partial charge in [-0.1, -0.05) is 42.8 Å². The van der Waals surface area contributed by atoms with E-state index in [2.05, 4.69) is 41.5 Å². The first kappa shape index (κ1) is 14.9. The zero-order chi connectivity index (χ0) is 15.7. The molecule has 0 saturated carbocycles. The number of carbonyl (C=O) groups is 1. The summed E-state index contributed by atoms with van der Waals surface area (Å²) in [6.07, 6.45) is 3.67.